The van der Waals surface area contributed by atoms with Crippen LogP contribution in [0.25, 0.3) is 0 Å². The number of nitrogens with one attached hydrogen (secondary N) is 1. The van der Waals surface area contributed by atoms with E-state index in [4.69, 9.17) is 9.47 Å². The third-order valence-corrected chi connectivity index (χ3v) is 2.47. The topological polar surface area (TPSA) is 64.6 Å². The zero-order valence-corrected chi connectivity index (χ0v) is 11.3. The summed E-state index contributed by atoms with van der Waals surface area (Å²) in [5.41, 5.74) is 0.953. The molecule has 1 aromatic carbocycles. The van der Waals surface area contributed by atoms with Gasteiger partial charge >= 0.3 is 5.97 Å². The molecule has 0 aliphatic rings. The van der Waals surface area contributed by atoms with Crippen molar-refractivity contribution in [2.75, 3.05) is 13.7 Å². The Hall–Kier alpha value is -2.04. The number of esters is 1. The van der Waals surface area contributed by atoms with Gasteiger partial charge < -0.3 is 14.8 Å². The van der Waals surface area contributed by atoms with E-state index < -0.39 is 0 Å². The second-order valence-corrected chi connectivity index (χ2v) is 4.04. The number of hydrogen-bond donors (Lipinski definition) is 1. The molecule has 0 radical (unpaired) electrons. The lowest BCUT2D eigenvalue weighted by molar-refractivity contribution is -0.148. The lowest BCUT2D eigenvalue weighted by atomic mass is 10.2. The SMILES string of the molecule is CCCC(=O)OCC(=O)NCc1ccc(OC)cc1. The van der Waals surface area contributed by atoms with Gasteiger partial charge in [-0.2, -0.15) is 0 Å². The first-order valence-corrected chi connectivity index (χ1v) is 6.21. The number of rotatable bonds is 7. The fourth-order valence-corrected chi connectivity index (χ4v) is 1.42. The fourth-order valence-electron chi connectivity index (χ4n) is 1.42. The van der Waals surface area contributed by atoms with E-state index in [1.165, 1.54) is 0 Å². The predicted molar refractivity (Wildman–Crippen MR) is 70.7 cm³/mol. The summed E-state index contributed by atoms with van der Waals surface area (Å²) < 4.78 is 9.84. The van der Waals surface area contributed by atoms with Crippen molar-refractivity contribution in [2.45, 2.75) is 26.3 Å². The molecule has 5 nitrogen and oxygen atoms in total. The number of amides is 1. The van der Waals surface area contributed by atoms with Crippen LogP contribution in [0.1, 0.15) is 25.3 Å². The molecular formula is C14H19NO4. The van der Waals surface area contributed by atoms with Crippen molar-refractivity contribution in [1.29, 1.82) is 0 Å². The first-order valence-electron chi connectivity index (χ1n) is 6.21. The van der Waals surface area contributed by atoms with Crippen molar-refractivity contribution in [3.05, 3.63) is 29.8 Å². The molecule has 1 aromatic rings. The van der Waals surface area contributed by atoms with Gasteiger partial charge in [0.25, 0.3) is 5.91 Å². The van der Waals surface area contributed by atoms with Crippen LogP contribution in [0, 0.1) is 0 Å². The van der Waals surface area contributed by atoms with Gasteiger partial charge in [0, 0.05) is 13.0 Å². The average Bonchev–Trinajstić information content (AvgIpc) is 2.44. The molecule has 0 saturated heterocycles. The van der Waals surface area contributed by atoms with E-state index in [2.05, 4.69) is 5.32 Å². The highest BCUT2D eigenvalue weighted by atomic mass is 16.5. The minimum absolute atomic E-state index is 0.227. The predicted octanol–water partition coefficient (Wildman–Crippen LogP) is 1.65. The normalized spacial score (nSPS) is 9.79. The molecule has 1 N–H and O–H groups in total. The van der Waals surface area contributed by atoms with Gasteiger partial charge in [0.15, 0.2) is 6.61 Å². The Balaban J connectivity index is 2.27. The van der Waals surface area contributed by atoms with Crippen LogP contribution in [0.4, 0.5) is 0 Å². The van der Waals surface area contributed by atoms with Crippen LogP contribution in [0.3, 0.4) is 0 Å². The van der Waals surface area contributed by atoms with Gasteiger partial charge in [-0.1, -0.05) is 19.1 Å². The van der Waals surface area contributed by atoms with E-state index in [9.17, 15) is 9.59 Å². The summed E-state index contributed by atoms with van der Waals surface area (Å²) in [5.74, 6) is 0.117. The third kappa shape index (κ3) is 5.90. The van der Waals surface area contributed by atoms with Gasteiger partial charge in [0.2, 0.25) is 0 Å². The van der Waals surface area contributed by atoms with Gasteiger partial charge in [-0.15, -0.1) is 0 Å². The van der Waals surface area contributed by atoms with Crippen molar-refractivity contribution < 1.29 is 19.1 Å². The standard InChI is InChI=1S/C14H19NO4/c1-3-4-14(17)19-10-13(16)15-9-11-5-7-12(18-2)8-6-11/h5-8H,3-4,9-10H2,1-2H3,(H,15,16). The van der Waals surface area contributed by atoms with Crippen LogP contribution in [-0.2, 0) is 20.9 Å². The number of carbonyl (C=O) groups is 2. The molecule has 0 saturated carbocycles. The maximum Gasteiger partial charge on any atom is 0.306 e. The van der Waals surface area contributed by atoms with Crippen LogP contribution >= 0.6 is 0 Å². The van der Waals surface area contributed by atoms with E-state index in [-0.39, 0.29) is 18.5 Å². The largest absolute Gasteiger partial charge is 0.497 e. The summed E-state index contributed by atoms with van der Waals surface area (Å²) in [6.07, 6.45) is 1.05. The van der Waals surface area contributed by atoms with Gasteiger partial charge in [-0.05, 0) is 24.1 Å². The number of carbonyl (C=O) groups excluding carboxylic acids is 2. The van der Waals surface area contributed by atoms with Crippen molar-refractivity contribution in [3.8, 4) is 5.75 Å². The molecule has 1 amide bonds. The molecule has 5 heteroatoms. The van der Waals surface area contributed by atoms with Gasteiger partial charge in [0.05, 0.1) is 7.11 Å². The molecule has 1 rings (SSSR count). The Labute approximate surface area is 112 Å². The zero-order valence-electron chi connectivity index (χ0n) is 11.3. The first-order chi connectivity index (χ1) is 9.15. The maximum absolute atomic E-state index is 11.4. The highest BCUT2D eigenvalue weighted by molar-refractivity contribution is 5.80. The Bertz CT molecular complexity index is 414. The molecule has 0 bridgehead atoms. The van der Waals surface area contributed by atoms with Crippen molar-refractivity contribution in [3.63, 3.8) is 0 Å². The molecule has 0 fully saturated rings. The van der Waals surface area contributed by atoms with Crippen LogP contribution in [0.15, 0.2) is 24.3 Å². The van der Waals surface area contributed by atoms with E-state index in [0.29, 0.717) is 19.4 Å². The molecule has 0 aliphatic carbocycles. The monoisotopic (exact) mass is 265 g/mol. The molecule has 0 heterocycles. The van der Waals surface area contributed by atoms with Gasteiger partial charge in [-0.25, -0.2) is 0 Å². The summed E-state index contributed by atoms with van der Waals surface area (Å²) in [6.45, 7) is 2.05. The van der Waals surface area contributed by atoms with Crippen LogP contribution in [0.5, 0.6) is 5.75 Å². The van der Waals surface area contributed by atoms with Crippen molar-refractivity contribution in [2.24, 2.45) is 0 Å². The Kier molecular flexibility index (Phi) is 6.43. The second kappa shape index (κ2) is 8.13. The quantitative estimate of drug-likeness (QED) is 0.761. The molecular weight excluding hydrogens is 246 g/mol. The smallest absolute Gasteiger partial charge is 0.306 e. The molecule has 0 aromatic heterocycles. The molecule has 0 spiro atoms. The molecule has 0 aliphatic heterocycles. The molecule has 0 atom stereocenters. The van der Waals surface area contributed by atoms with E-state index in [0.717, 1.165) is 11.3 Å². The Morgan fingerprint density at radius 1 is 1.21 bits per heavy atom. The van der Waals surface area contributed by atoms with E-state index >= 15 is 0 Å². The Morgan fingerprint density at radius 3 is 2.47 bits per heavy atom. The molecule has 104 valence electrons. The number of hydrogen-bond acceptors (Lipinski definition) is 4. The second-order valence-electron chi connectivity index (χ2n) is 4.04. The summed E-state index contributed by atoms with van der Waals surface area (Å²) in [4.78, 5) is 22.5. The summed E-state index contributed by atoms with van der Waals surface area (Å²) >= 11 is 0. The van der Waals surface area contributed by atoms with Gasteiger partial charge in [0.1, 0.15) is 5.75 Å². The van der Waals surface area contributed by atoms with E-state index in [1.54, 1.807) is 7.11 Å². The lowest BCUT2D eigenvalue weighted by Crippen LogP contribution is -2.28. The number of benzene rings is 1. The summed E-state index contributed by atoms with van der Waals surface area (Å²) in [7, 11) is 1.60. The van der Waals surface area contributed by atoms with Crippen LogP contribution < -0.4 is 10.1 Å². The molecule has 0 unspecified atom stereocenters. The first kappa shape index (κ1) is 15.0. The lowest BCUT2D eigenvalue weighted by Gasteiger charge is -2.07. The van der Waals surface area contributed by atoms with E-state index in [1.807, 2.05) is 31.2 Å². The Morgan fingerprint density at radius 2 is 1.89 bits per heavy atom. The maximum atomic E-state index is 11.4. The minimum Gasteiger partial charge on any atom is -0.497 e. The van der Waals surface area contributed by atoms with Crippen molar-refractivity contribution in [1.82, 2.24) is 5.32 Å². The highest BCUT2D eigenvalue weighted by Gasteiger charge is 2.06. The number of ether oxygens (including phenoxy) is 2. The summed E-state index contributed by atoms with van der Waals surface area (Å²) in [5, 5.41) is 2.68. The number of methoxy groups -OCH3 is 1. The van der Waals surface area contributed by atoms with Crippen LogP contribution in [-0.4, -0.2) is 25.6 Å². The average molecular weight is 265 g/mol. The van der Waals surface area contributed by atoms with Gasteiger partial charge in [-0.3, -0.25) is 9.59 Å². The van der Waals surface area contributed by atoms with Crippen LogP contribution in [0.2, 0.25) is 0 Å². The minimum atomic E-state index is -0.345. The van der Waals surface area contributed by atoms with Crippen molar-refractivity contribution >= 4 is 11.9 Å². The molecule has 19 heavy (non-hydrogen) atoms. The zero-order chi connectivity index (χ0) is 14.1. The summed E-state index contributed by atoms with van der Waals surface area (Å²) in [6, 6.07) is 7.37. The third-order valence-electron chi connectivity index (χ3n) is 2.47. The fraction of sp³-hybridized carbons (Fsp3) is 0.429. The highest BCUT2D eigenvalue weighted by Crippen LogP contribution is 2.10.